The second-order valence-corrected chi connectivity index (χ2v) is 5.55. The Kier molecular flexibility index (Phi) is 3.55. The van der Waals surface area contributed by atoms with Crippen LogP contribution >= 0.6 is 0 Å². The molecule has 0 bridgehead atoms. The van der Waals surface area contributed by atoms with E-state index in [2.05, 4.69) is 56.8 Å². The number of rotatable bonds is 1. The molecule has 17 heavy (non-hydrogen) atoms. The van der Waals surface area contributed by atoms with Crippen LogP contribution in [0, 0.1) is 20.8 Å². The van der Waals surface area contributed by atoms with E-state index in [1.165, 1.54) is 28.8 Å². The molecule has 1 aliphatic heterocycles. The topological polar surface area (TPSA) is 6.48 Å². The molecule has 0 amide bonds. The highest BCUT2D eigenvalue weighted by Gasteiger charge is 2.25. The van der Waals surface area contributed by atoms with Crippen molar-refractivity contribution in [2.24, 2.45) is 0 Å². The van der Waals surface area contributed by atoms with Gasteiger partial charge in [-0.25, -0.2) is 0 Å². The molecular formula is C15H24N2. The molecule has 1 unspecified atom stereocenters. The summed E-state index contributed by atoms with van der Waals surface area (Å²) in [5, 5.41) is 0. The first-order chi connectivity index (χ1) is 7.99. The molecule has 1 aromatic rings. The van der Waals surface area contributed by atoms with Crippen LogP contribution in [-0.4, -0.2) is 43.5 Å². The minimum atomic E-state index is 0.549. The molecule has 0 spiro atoms. The van der Waals surface area contributed by atoms with Crippen molar-refractivity contribution in [3.05, 3.63) is 34.4 Å². The summed E-state index contributed by atoms with van der Waals surface area (Å²) < 4.78 is 0. The van der Waals surface area contributed by atoms with E-state index >= 15 is 0 Å². The summed E-state index contributed by atoms with van der Waals surface area (Å²) in [5.41, 5.74) is 5.74. The Morgan fingerprint density at radius 2 is 1.59 bits per heavy atom. The van der Waals surface area contributed by atoms with Gasteiger partial charge < -0.3 is 4.90 Å². The fraction of sp³-hybridized carbons (Fsp3) is 0.600. The summed E-state index contributed by atoms with van der Waals surface area (Å²) in [6.45, 7) is 10.1. The molecule has 0 saturated carbocycles. The molecule has 1 aliphatic rings. The number of hydrogen-bond acceptors (Lipinski definition) is 2. The summed E-state index contributed by atoms with van der Waals surface area (Å²) in [5.74, 6) is 0. The minimum Gasteiger partial charge on any atom is -0.303 e. The Bertz CT molecular complexity index is 412. The number of nitrogens with zero attached hydrogens (tertiary/aromatic N) is 2. The van der Waals surface area contributed by atoms with Crippen molar-refractivity contribution >= 4 is 0 Å². The number of likely N-dealkylation sites (N-methyl/N-ethyl adjacent to an activating group) is 2. The van der Waals surface area contributed by atoms with Gasteiger partial charge in [0.2, 0.25) is 0 Å². The van der Waals surface area contributed by atoms with Crippen LogP contribution in [0.1, 0.15) is 28.3 Å². The van der Waals surface area contributed by atoms with Gasteiger partial charge in [-0.2, -0.15) is 0 Å². The fourth-order valence-electron chi connectivity index (χ4n) is 2.69. The van der Waals surface area contributed by atoms with Crippen LogP contribution in [0.15, 0.2) is 12.1 Å². The normalized spacial score (nSPS) is 23.0. The van der Waals surface area contributed by atoms with Gasteiger partial charge in [0.25, 0.3) is 0 Å². The third kappa shape index (κ3) is 2.53. The van der Waals surface area contributed by atoms with E-state index in [4.69, 9.17) is 0 Å². The van der Waals surface area contributed by atoms with Crippen LogP contribution < -0.4 is 0 Å². The summed E-state index contributed by atoms with van der Waals surface area (Å²) in [4.78, 5) is 4.91. The molecular weight excluding hydrogens is 208 g/mol. The van der Waals surface area contributed by atoms with Crippen LogP contribution in [-0.2, 0) is 0 Å². The zero-order valence-electron chi connectivity index (χ0n) is 11.7. The fourth-order valence-corrected chi connectivity index (χ4v) is 2.69. The zero-order valence-corrected chi connectivity index (χ0v) is 11.7. The number of piperazine rings is 1. The molecule has 2 nitrogen and oxygen atoms in total. The lowest BCUT2D eigenvalue weighted by Crippen LogP contribution is -2.45. The Morgan fingerprint density at radius 3 is 2.29 bits per heavy atom. The Hall–Kier alpha value is -0.860. The lowest BCUT2D eigenvalue weighted by Gasteiger charge is -2.38. The predicted octanol–water partition coefficient (Wildman–Crippen LogP) is 2.53. The maximum Gasteiger partial charge on any atom is 0.0475 e. The number of benzene rings is 1. The maximum absolute atomic E-state index is 2.48. The van der Waals surface area contributed by atoms with Crippen molar-refractivity contribution in [1.29, 1.82) is 0 Å². The molecule has 0 aliphatic carbocycles. The van der Waals surface area contributed by atoms with Gasteiger partial charge in [-0.15, -0.1) is 0 Å². The molecule has 1 saturated heterocycles. The lowest BCUT2D eigenvalue weighted by atomic mass is 9.94. The van der Waals surface area contributed by atoms with Gasteiger partial charge in [0, 0.05) is 25.7 Å². The van der Waals surface area contributed by atoms with Gasteiger partial charge in [0.05, 0.1) is 0 Å². The average Bonchev–Trinajstić information content (AvgIpc) is 2.27. The summed E-state index contributed by atoms with van der Waals surface area (Å²) in [6.07, 6.45) is 0. The van der Waals surface area contributed by atoms with Crippen molar-refractivity contribution in [3.8, 4) is 0 Å². The van der Waals surface area contributed by atoms with Crippen LogP contribution in [0.25, 0.3) is 0 Å². The second-order valence-electron chi connectivity index (χ2n) is 5.55. The van der Waals surface area contributed by atoms with Crippen LogP contribution in [0.5, 0.6) is 0 Å². The monoisotopic (exact) mass is 232 g/mol. The van der Waals surface area contributed by atoms with E-state index in [-0.39, 0.29) is 0 Å². The summed E-state index contributed by atoms with van der Waals surface area (Å²) in [6, 6.07) is 5.26. The zero-order chi connectivity index (χ0) is 12.6. The van der Waals surface area contributed by atoms with Crippen molar-refractivity contribution in [1.82, 2.24) is 9.80 Å². The number of aryl methyl sites for hydroxylation is 3. The summed E-state index contributed by atoms with van der Waals surface area (Å²) in [7, 11) is 4.46. The maximum atomic E-state index is 2.48. The molecule has 2 rings (SSSR count). The molecule has 0 radical (unpaired) electrons. The van der Waals surface area contributed by atoms with E-state index < -0.39 is 0 Å². The highest BCUT2D eigenvalue weighted by molar-refractivity contribution is 5.38. The van der Waals surface area contributed by atoms with Crippen molar-refractivity contribution in [2.45, 2.75) is 26.8 Å². The van der Waals surface area contributed by atoms with Crippen molar-refractivity contribution in [2.75, 3.05) is 33.7 Å². The second kappa shape index (κ2) is 4.79. The van der Waals surface area contributed by atoms with Gasteiger partial charge in [-0.3, -0.25) is 4.90 Å². The van der Waals surface area contributed by atoms with Gasteiger partial charge in [-0.1, -0.05) is 12.1 Å². The molecule has 1 fully saturated rings. The molecule has 2 heteroatoms. The van der Waals surface area contributed by atoms with E-state index in [1.807, 2.05) is 0 Å². The van der Waals surface area contributed by atoms with Gasteiger partial charge in [0.1, 0.15) is 0 Å². The minimum absolute atomic E-state index is 0.549. The van der Waals surface area contributed by atoms with Gasteiger partial charge >= 0.3 is 0 Å². The third-order valence-electron chi connectivity index (χ3n) is 4.09. The summed E-state index contributed by atoms with van der Waals surface area (Å²) >= 11 is 0. The quantitative estimate of drug-likeness (QED) is 0.734. The van der Waals surface area contributed by atoms with Crippen LogP contribution in [0.4, 0.5) is 0 Å². The van der Waals surface area contributed by atoms with E-state index in [0.717, 1.165) is 13.1 Å². The predicted molar refractivity (Wildman–Crippen MR) is 73.5 cm³/mol. The first-order valence-corrected chi connectivity index (χ1v) is 6.45. The Balaban J connectivity index is 2.35. The van der Waals surface area contributed by atoms with E-state index in [9.17, 15) is 0 Å². The number of hydrogen-bond donors (Lipinski definition) is 0. The SMILES string of the molecule is Cc1cc(C)c(C2CN(C)CCN2C)cc1C. The largest absolute Gasteiger partial charge is 0.303 e. The van der Waals surface area contributed by atoms with Crippen molar-refractivity contribution < 1.29 is 0 Å². The highest BCUT2D eigenvalue weighted by atomic mass is 15.3. The smallest absolute Gasteiger partial charge is 0.0475 e. The highest BCUT2D eigenvalue weighted by Crippen LogP contribution is 2.28. The standard InChI is InChI=1S/C15H24N2/c1-11-8-13(3)14(9-12(11)2)15-10-16(4)6-7-17(15)5/h8-9,15H,6-7,10H2,1-5H3. The van der Waals surface area contributed by atoms with E-state index in [1.54, 1.807) is 0 Å². The first kappa shape index (κ1) is 12.6. The lowest BCUT2D eigenvalue weighted by molar-refractivity contribution is 0.114. The Labute approximate surface area is 105 Å². The molecule has 1 heterocycles. The average molecular weight is 232 g/mol. The van der Waals surface area contributed by atoms with Crippen molar-refractivity contribution in [3.63, 3.8) is 0 Å². The molecule has 1 atom stereocenters. The molecule has 94 valence electrons. The molecule has 1 aromatic carbocycles. The third-order valence-corrected chi connectivity index (χ3v) is 4.09. The van der Waals surface area contributed by atoms with Crippen LogP contribution in [0.2, 0.25) is 0 Å². The molecule has 0 N–H and O–H groups in total. The van der Waals surface area contributed by atoms with E-state index in [0.29, 0.717) is 6.04 Å². The first-order valence-electron chi connectivity index (χ1n) is 6.45. The van der Waals surface area contributed by atoms with Gasteiger partial charge in [0.15, 0.2) is 0 Å². The Morgan fingerprint density at radius 1 is 0.941 bits per heavy atom. The molecule has 0 aromatic heterocycles. The van der Waals surface area contributed by atoms with Crippen LogP contribution in [0.3, 0.4) is 0 Å². The van der Waals surface area contributed by atoms with Gasteiger partial charge in [-0.05, 0) is 57.1 Å².